The molecule has 1 aliphatic rings. The van der Waals surface area contributed by atoms with Gasteiger partial charge in [0.1, 0.15) is 22.3 Å². The molecule has 5 rings (SSSR count). The van der Waals surface area contributed by atoms with Crippen LogP contribution in [0.1, 0.15) is 34.6 Å². The predicted octanol–water partition coefficient (Wildman–Crippen LogP) is 5.83. The maximum atomic E-state index is 5.32. The highest BCUT2D eigenvalue weighted by Gasteiger charge is 2.35. The number of thiazole rings is 1. The summed E-state index contributed by atoms with van der Waals surface area (Å²) in [6.45, 7) is 2.50. The van der Waals surface area contributed by atoms with Crippen LogP contribution in [0.3, 0.4) is 0 Å². The number of rotatable bonds is 7. The number of nitrogens with one attached hydrogen (secondary N) is 1. The molecular weight excluding hydrogens is 400 g/mol. The molecule has 0 saturated heterocycles. The van der Waals surface area contributed by atoms with Crippen LogP contribution >= 0.6 is 22.7 Å². The fourth-order valence-electron chi connectivity index (χ4n) is 3.59. The van der Waals surface area contributed by atoms with Crippen LogP contribution in [0.25, 0.3) is 21.3 Å². The van der Waals surface area contributed by atoms with Crippen molar-refractivity contribution in [1.29, 1.82) is 0 Å². The number of hydrogen-bond donors (Lipinski definition) is 1. The van der Waals surface area contributed by atoms with Crippen molar-refractivity contribution < 1.29 is 4.74 Å². The van der Waals surface area contributed by atoms with Gasteiger partial charge in [-0.1, -0.05) is 30.3 Å². The molecule has 5 nitrogen and oxygen atoms in total. The molecule has 1 aromatic carbocycles. The molecule has 29 heavy (non-hydrogen) atoms. The summed E-state index contributed by atoms with van der Waals surface area (Å²) < 4.78 is 5.32. The lowest BCUT2D eigenvalue weighted by Gasteiger charge is -2.18. The molecule has 1 atom stereocenters. The first kappa shape index (κ1) is 18.7. The highest BCUT2D eigenvalue weighted by molar-refractivity contribution is 7.17. The molecule has 0 unspecified atom stereocenters. The second-order valence-electron chi connectivity index (χ2n) is 7.39. The second kappa shape index (κ2) is 7.82. The van der Waals surface area contributed by atoms with E-state index >= 15 is 0 Å². The van der Waals surface area contributed by atoms with E-state index in [9.17, 15) is 0 Å². The minimum atomic E-state index is 0.186. The van der Waals surface area contributed by atoms with Gasteiger partial charge in [0.15, 0.2) is 5.82 Å². The summed E-state index contributed by atoms with van der Waals surface area (Å²) in [5.74, 6) is 2.19. The Hall–Kier alpha value is -2.35. The number of hydrogen-bond acceptors (Lipinski definition) is 7. The molecule has 3 aromatic heterocycles. The average molecular weight is 423 g/mol. The Kier molecular flexibility index (Phi) is 5.03. The summed E-state index contributed by atoms with van der Waals surface area (Å²) in [6.07, 6.45) is 4.41. The number of thiophene rings is 1. The molecule has 148 valence electrons. The van der Waals surface area contributed by atoms with Gasteiger partial charge in [-0.15, -0.1) is 22.7 Å². The Bertz CT molecular complexity index is 1130. The SMILES string of the molecule is COCc1nc(N[C@H](c2ncc(C)s2)C2CC2)c2c(-c3ccccc3)csc2n1. The fourth-order valence-corrected chi connectivity index (χ4v) is 5.47. The summed E-state index contributed by atoms with van der Waals surface area (Å²) in [5.41, 5.74) is 2.35. The third kappa shape index (κ3) is 3.77. The number of methoxy groups -OCH3 is 1. The Balaban J connectivity index is 1.63. The van der Waals surface area contributed by atoms with Crippen LogP contribution in [0.2, 0.25) is 0 Å². The van der Waals surface area contributed by atoms with Gasteiger partial charge in [0.2, 0.25) is 0 Å². The Morgan fingerprint density at radius 1 is 1.21 bits per heavy atom. The minimum absolute atomic E-state index is 0.186. The van der Waals surface area contributed by atoms with Gasteiger partial charge in [0.25, 0.3) is 0 Å². The van der Waals surface area contributed by atoms with Crippen LogP contribution < -0.4 is 5.32 Å². The number of ether oxygens (including phenoxy) is 1. The quantitative estimate of drug-likeness (QED) is 0.406. The lowest BCUT2D eigenvalue weighted by atomic mass is 10.1. The summed E-state index contributed by atoms with van der Waals surface area (Å²) in [5, 5.41) is 8.16. The molecule has 1 aliphatic carbocycles. The van der Waals surface area contributed by atoms with E-state index in [1.807, 2.05) is 12.3 Å². The van der Waals surface area contributed by atoms with Crippen LogP contribution in [-0.4, -0.2) is 22.1 Å². The first-order chi connectivity index (χ1) is 14.2. The van der Waals surface area contributed by atoms with E-state index < -0.39 is 0 Å². The average Bonchev–Trinajstić information content (AvgIpc) is 3.34. The maximum Gasteiger partial charge on any atom is 0.158 e. The molecule has 3 heterocycles. The van der Waals surface area contributed by atoms with Gasteiger partial charge in [-0.2, -0.15) is 0 Å². The summed E-state index contributed by atoms with van der Waals surface area (Å²) >= 11 is 3.42. The molecule has 0 radical (unpaired) electrons. The summed E-state index contributed by atoms with van der Waals surface area (Å²) in [7, 11) is 1.68. The van der Waals surface area contributed by atoms with Gasteiger partial charge in [0, 0.05) is 29.1 Å². The normalized spacial score (nSPS) is 15.0. The number of anilines is 1. The Labute approximate surface area is 177 Å². The van der Waals surface area contributed by atoms with Crippen LogP contribution in [-0.2, 0) is 11.3 Å². The van der Waals surface area contributed by atoms with Gasteiger partial charge < -0.3 is 10.1 Å². The van der Waals surface area contributed by atoms with Crippen molar-refractivity contribution in [1.82, 2.24) is 15.0 Å². The van der Waals surface area contributed by atoms with Gasteiger partial charge in [-0.05, 0) is 31.2 Å². The molecule has 4 aromatic rings. The fraction of sp³-hybridized carbons (Fsp3) is 0.318. The van der Waals surface area contributed by atoms with Crippen LogP contribution in [0.15, 0.2) is 41.9 Å². The maximum absolute atomic E-state index is 5.32. The predicted molar refractivity (Wildman–Crippen MR) is 120 cm³/mol. The van der Waals surface area contributed by atoms with E-state index in [1.165, 1.54) is 28.8 Å². The molecule has 0 aliphatic heterocycles. The molecule has 1 N–H and O–H groups in total. The van der Waals surface area contributed by atoms with Crippen LogP contribution in [0.4, 0.5) is 5.82 Å². The monoisotopic (exact) mass is 422 g/mol. The number of aromatic nitrogens is 3. The van der Waals surface area contributed by atoms with Crippen LogP contribution in [0.5, 0.6) is 0 Å². The van der Waals surface area contributed by atoms with Crippen molar-refractivity contribution in [3.05, 3.63) is 57.6 Å². The van der Waals surface area contributed by atoms with Gasteiger partial charge in [0.05, 0.1) is 11.4 Å². The lowest BCUT2D eigenvalue weighted by Crippen LogP contribution is -2.15. The zero-order valence-electron chi connectivity index (χ0n) is 16.4. The molecule has 0 amide bonds. The number of benzene rings is 1. The first-order valence-corrected chi connectivity index (χ1v) is 11.4. The largest absolute Gasteiger partial charge is 0.377 e. The third-order valence-electron chi connectivity index (χ3n) is 5.13. The smallest absolute Gasteiger partial charge is 0.158 e. The van der Waals surface area contributed by atoms with Crippen molar-refractivity contribution in [3.8, 4) is 11.1 Å². The number of fused-ring (bicyclic) bond motifs is 1. The van der Waals surface area contributed by atoms with E-state index in [2.05, 4.69) is 46.9 Å². The highest BCUT2D eigenvalue weighted by atomic mass is 32.1. The molecule has 0 spiro atoms. The summed E-state index contributed by atoms with van der Waals surface area (Å²) in [6, 6.07) is 10.6. The Morgan fingerprint density at radius 3 is 2.72 bits per heavy atom. The van der Waals surface area contributed by atoms with E-state index in [0.29, 0.717) is 18.3 Å². The molecule has 1 saturated carbocycles. The number of nitrogens with zero attached hydrogens (tertiary/aromatic N) is 3. The van der Waals surface area contributed by atoms with Crippen LogP contribution in [0, 0.1) is 12.8 Å². The van der Waals surface area contributed by atoms with E-state index in [-0.39, 0.29) is 6.04 Å². The second-order valence-corrected chi connectivity index (χ2v) is 9.51. The van der Waals surface area contributed by atoms with Crippen molar-refractivity contribution in [3.63, 3.8) is 0 Å². The van der Waals surface area contributed by atoms with Gasteiger partial charge in [-0.3, -0.25) is 0 Å². The molecule has 0 bridgehead atoms. The molecule has 7 heteroatoms. The van der Waals surface area contributed by atoms with Crippen molar-refractivity contribution in [2.24, 2.45) is 5.92 Å². The molecule has 1 fully saturated rings. The minimum Gasteiger partial charge on any atom is -0.377 e. The van der Waals surface area contributed by atoms with Crippen molar-refractivity contribution >= 4 is 38.7 Å². The van der Waals surface area contributed by atoms with E-state index in [1.54, 1.807) is 29.8 Å². The van der Waals surface area contributed by atoms with Gasteiger partial charge in [-0.25, -0.2) is 15.0 Å². The van der Waals surface area contributed by atoms with Crippen molar-refractivity contribution in [2.75, 3.05) is 12.4 Å². The zero-order chi connectivity index (χ0) is 19.8. The first-order valence-electron chi connectivity index (χ1n) is 9.74. The summed E-state index contributed by atoms with van der Waals surface area (Å²) in [4.78, 5) is 16.5. The topological polar surface area (TPSA) is 59.9 Å². The third-order valence-corrected chi connectivity index (χ3v) is 7.00. The molecular formula is C22H22N4OS2. The van der Waals surface area contributed by atoms with E-state index in [0.717, 1.165) is 21.0 Å². The lowest BCUT2D eigenvalue weighted by molar-refractivity contribution is 0.178. The van der Waals surface area contributed by atoms with E-state index in [4.69, 9.17) is 14.7 Å². The standard InChI is InChI=1S/C22H22N4OS2/c1-13-10-23-22(29-13)19(15-8-9-15)26-20-18-16(14-6-4-3-5-7-14)12-28-21(18)25-17(24-20)11-27-2/h3-7,10,12,15,19H,8-9,11H2,1-2H3,(H,24,25,26)/t19-/m0/s1. The van der Waals surface area contributed by atoms with Crippen molar-refractivity contribution in [2.45, 2.75) is 32.4 Å². The number of aryl methyl sites for hydroxylation is 1. The Morgan fingerprint density at radius 2 is 2.03 bits per heavy atom. The zero-order valence-corrected chi connectivity index (χ0v) is 18.0. The highest BCUT2D eigenvalue weighted by Crippen LogP contribution is 2.45. The van der Waals surface area contributed by atoms with Gasteiger partial charge >= 0.3 is 0 Å².